The molecule has 0 heterocycles. The minimum Gasteiger partial charge on any atom is -0.387 e. The molecule has 1 amide bonds. The second-order valence-corrected chi connectivity index (χ2v) is 28.5. The average molecular weight is 1200 g/mol. The van der Waals surface area contributed by atoms with Gasteiger partial charge in [0.25, 0.3) is 0 Å². The summed E-state index contributed by atoms with van der Waals surface area (Å²) in [5.74, 6) is -0.182. The van der Waals surface area contributed by atoms with Gasteiger partial charge in [0, 0.05) is 6.42 Å². The molecule has 0 spiro atoms. The number of carbonyl (C=O) groups is 1. The quantitative estimate of drug-likeness (QED) is 0.0243. The maximum absolute atomic E-state index is 13.1. The lowest BCUT2D eigenvalue weighted by Gasteiger charge is -2.25. The molecule has 0 aliphatic heterocycles. The van der Waals surface area contributed by atoms with Crippen LogP contribution in [-0.2, 0) is 18.4 Å². The summed E-state index contributed by atoms with van der Waals surface area (Å²) in [7, 11) is 1.56. The van der Waals surface area contributed by atoms with Gasteiger partial charge in [-0.05, 0) is 44.9 Å². The molecule has 0 radical (unpaired) electrons. The van der Waals surface area contributed by atoms with E-state index < -0.39 is 20.0 Å². The fourth-order valence-electron chi connectivity index (χ4n) is 11.6. The van der Waals surface area contributed by atoms with E-state index >= 15 is 0 Å². The zero-order chi connectivity index (χ0) is 61.2. The van der Waals surface area contributed by atoms with Crippen LogP contribution in [0.15, 0.2) is 36.5 Å². The molecule has 0 saturated heterocycles. The summed E-state index contributed by atoms with van der Waals surface area (Å²) in [6.07, 6.45) is 89.0. The van der Waals surface area contributed by atoms with Crippen molar-refractivity contribution >= 4 is 13.7 Å². The first kappa shape index (κ1) is 82.7. The van der Waals surface area contributed by atoms with Crippen molar-refractivity contribution in [1.82, 2.24) is 5.32 Å². The van der Waals surface area contributed by atoms with E-state index in [4.69, 9.17) is 9.05 Å². The van der Waals surface area contributed by atoms with Crippen molar-refractivity contribution < 1.29 is 32.9 Å². The third-order valence-electron chi connectivity index (χ3n) is 17.3. The third-order valence-corrected chi connectivity index (χ3v) is 18.3. The molecule has 8 nitrogen and oxygen atoms in total. The molecule has 0 aromatic carbocycles. The van der Waals surface area contributed by atoms with E-state index in [1.807, 2.05) is 27.2 Å². The van der Waals surface area contributed by atoms with Gasteiger partial charge in [-0.2, -0.15) is 0 Å². The van der Waals surface area contributed by atoms with Crippen molar-refractivity contribution in [3.63, 3.8) is 0 Å². The van der Waals surface area contributed by atoms with Crippen molar-refractivity contribution in [2.75, 3.05) is 40.9 Å². The van der Waals surface area contributed by atoms with E-state index in [0.717, 1.165) is 44.9 Å². The number of unbranched alkanes of at least 4 members (excludes halogenated alkanes) is 53. The van der Waals surface area contributed by atoms with Gasteiger partial charge in [0.1, 0.15) is 13.2 Å². The summed E-state index contributed by atoms with van der Waals surface area (Å²) >= 11 is 0. The van der Waals surface area contributed by atoms with E-state index in [9.17, 15) is 19.4 Å². The number of hydrogen-bond donors (Lipinski definition) is 3. The highest BCUT2D eigenvalue weighted by molar-refractivity contribution is 7.47. The summed E-state index contributed by atoms with van der Waals surface area (Å²) < 4.78 is 23.8. The van der Waals surface area contributed by atoms with Crippen LogP contribution in [0.4, 0.5) is 0 Å². The monoisotopic (exact) mass is 1200 g/mol. The molecule has 0 saturated carbocycles. The minimum absolute atomic E-state index is 0.0555. The molecule has 3 N–H and O–H groups in total. The molecule has 0 fully saturated rings. The average Bonchev–Trinajstić information content (AvgIpc) is 3.56. The van der Waals surface area contributed by atoms with Crippen LogP contribution in [-0.4, -0.2) is 73.4 Å². The van der Waals surface area contributed by atoms with E-state index in [-0.39, 0.29) is 19.1 Å². The van der Waals surface area contributed by atoms with Gasteiger partial charge in [0.05, 0.1) is 39.9 Å². The first-order chi connectivity index (χ1) is 41.0. The Kier molecular flexibility index (Phi) is 65.1. The Morgan fingerprint density at radius 3 is 0.952 bits per heavy atom. The number of allylic oxidation sites excluding steroid dienone is 5. The summed E-state index contributed by atoms with van der Waals surface area (Å²) in [4.78, 5) is 23.4. The fraction of sp³-hybridized carbons (Fsp3) is 0.907. The van der Waals surface area contributed by atoms with Crippen LogP contribution in [0.5, 0.6) is 0 Å². The number of hydrogen-bond acceptors (Lipinski definition) is 5. The Bertz CT molecular complexity index is 1460. The lowest BCUT2D eigenvalue weighted by molar-refractivity contribution is -0.870. The Morgan fingerprint density at radius 2 is 0.655 bits per heavy atom. The van der Waals surface area contributed by atoms with Crippen LogP contribution in [0.25, 0.3) is 0 Å². The van der Waals surface area contributed by atoms with Crippen molar-refractivity contribution in [1.29, 1.82) is 0 Å². The molecule has 0 aliphatic carbocycles. The number of amides is 1. The summed E-state index contributed by atoms with van der Waals surface area (Å²) in [5, 5.41) is 14.0. The van der Waals surface area contributed by atoms with Gasteiger partial charge in [-0.3, -0.25) is 13.8 Å². The van der Waals surface area contributed by atoms with Gasteiger partial charge in [0.2, 0.25) is 5.91 Å². The Hall–Kier alpha value is -1.28. The topological polar surface area (TPSA) is 105 Å². The minimum atomic E-state index is -4.37. The highest BCUT2D eigenvalue weighted by Crippen LogP contribution is 2.43. The lowest BCUT2D eigenvalue weighted by atomic mass is 10.0. The van der Waals surface area contributed by atoms with Gasteiger partial charge in [-0.1, -0.05) is 371 Å². The first-order valence-corrected chi connectivity index (χ1v) is 38.9. The van der Waals surface area contributed by atoms with Crippen LogP contribution < -0.4 is 5.32 Å². The molecule has 0 aliphatic rings. The summed E-state index contributed by atoms with van der Waals surface area (Å²) in [6.45, 7) is 4.85. The molecule has 9 heteroatoms. The second-order valence-electron chi connectivity index (χ2n) is 27.0. The van der Waals surface area contributed by atoms with Crippen LogP contribution in [0.3, 0.4) is 0 Å². The van der Waals surface area contributed by atoms with Gasteiger partial charge >= 0.3 is 7.82 Å². The molecule has 0 bridgehead atoms. The number of nitrogens with one attached hydrogen (secondary N) is 1. The summed E-state index contributed by atoms with van der Waals surface area (Å²) in [6, 6.07) is -0.870. The van der Waals surface area contributed by atoms with Crippen LogP contribution in [0, 0.1) is 0 Å². The molecule has 0 aromatic heterocycles. The lowest BCUT2D eigenvalue weighted by Crippen LogP contribution is -2.45. The molecule has 0 aromatic rings. The zero-order valence-electron chi connectivity index (χ0n) is 57.2. The van der Waals surface area contributed by atoms with Gasteiger partial charge in [-0.15, -0.1) is 0 Å². The van der Waals surface area contributed by atoms with Crippen LogP contribution >= 0.6 is 7.82 Å². The Morgan fingerprint density at radius 1 is 0.393 bits per heavy atom. The number of rotatable bonds is 70. The number of phosphoric ester groups is 1. The normalized spacial score (nSPS) is 13.8. The molecule has 3 atom stereocenters. The molecular formula is C75H148N2O6P+. The highest BCUT2D eigenvalue weighted by atomic mass is 31.2. The van der Waals surface area contributed by atoms with Crippen molar-refractivity contribution in [2.45, 2.75) is 398 Å². The smallest absolute Gasteiger partial charge is 0.387 e. The number of likely N-dealkylation sites (N-methyl/N-ethyl adjacent to an activating group) is 1. The predicted octanol–water partition coefficient (Wildman–Crippen LogP) is 24.0. The van der Waals surface area contributed by atoms with E-state index in [2.05, 4.69) is 43.5 Å². The molecule has 0 rings (SSSR count). The molecule has 3 unspecified atom stereocenters. The number of aliphatic hydroxyl groups is 1. The maximum Gasteiger partial charge on any atom is 0.472 e. The Labute approximate surface area is 525 Å². The van der Waals surface area contributed by atoms with Gasteiger partial charge < -0.3 is 19.8 Å². The second kappa shape index (κ2) is 66.1. The number of carbonyl (C=O) groups excluding carboxylic acids is 1. The fourth-order valence-corrected chi connectivity index (χ4v) is 12.3. The van der Waals surface area contributed by atoms with Crippen molar-refractivity contribution in [3.05, 3.63) is 36.5 Å². The third kappa shape index (κ3) is 68.2. The number of aliphatic hydroxyl groups excluding tert-OH is 1. The van der Waals surface area contributed by atoms with Gasteiger partial charge in [0.15, 0.2) is 0 Å². The van der Waals surface area contributed by atoms with E-state index in [1.165, 1.54) is 321 Å². The summed E-state index contributed by atoms with van der Waals surface area (Å²) in [5.41, 5.74) is 0. The maximum atomic E-state index is 13.1. The van der Waals surface area contributed by atoms with Crippen molar-refractivity contribution in [2.24, 2.45) is 0 Å². The predicted molar refractivity (Wildman–Crippen MR) is 369 cm³/mol. The molecule has 84 heavy (non-hydrogen) atoms. The number of nitrogens with zero attached hydrogens (tertiary/aromatic N) is 1. The highest BCUT2D eigenvalue weighted by Gasteiger charge is 2.28. The molecular weight excluding hydrogens is 1060 g/mol. The van der Waals surface area contributed by atoms with E-state index in [0.29, 0.717) is 17.4 Å². The number of phosphoric acid groups is 1. The molecule has 498 valence electrons. The zero-order valence-corrected chi connectivity index (χ0v) is 58.1. The van der Waals surface area contributed by atoms with Crippen LogP contribution in [0.1, 0.15) is 386 Å². The SMILES string of the molecule is CCCCCCCCCCCCCCCCCC/C=C/CC/C=C/CC/C=C/C(O)C(COP(=O)(O)OCC[N+](C)(C)C)NC(=O)CCCCCCCCCCCCCCCCCCCCCCCCCCCCCCCCCCCCCC. The van der Waals surface area contributed by atoms with Gasteiger partial charge in [-0.25, -0.2) is 4.57 Å². The van der Waals surface area contributed by atoms with Crippen LogP contribution in [0.2, 0.25) is 0 Å². The number of quaternary nitrogens is 1. The Balaban J connectivity index is 4.01. The largest absolute Gasteiger partial charge is 0.472 e. The van der Waals surface area contributed by atoms with E-state index in [1.54, 1.807) is 6.08 Å². The van der Waals surface area contributed by atoms with Crippen molar-refractivity contribution in [3.8, 4) is 0 Å². The standard InChI is InChI=1S/C75H147N2O6P/c1-6-8-10-12-14-16-18-20-22-24-26-28-30-32-34-35-36-37-38-39-40-41-42-43-45-47-49-51-53-55-57-59-61-63-65-67-69-75(79)76-73(72-83-84(80,81)82-71-70-77(3,4)5)74(78)68-66-64-62-60-58-56-54-52-50-48-46-44-33-31-29-27-25-23-21-19-17-15-13-11-9-7-2/h50,52,58,60,66,68,73-74,78H,6-49,51,53-57,59,61-65,67,69-72H2,1-5H3,(H-,76,79,80,81)/p+1/b52-50+,60-58+,68-66+. The first-order valence-electron chi connectivity index (χ1n) is 37.4.